The summed E-state index contributed by atoms with van der Waals surface area (Å²) in [6.07, 6.45) is 5.06. The van der Waals surface area contributed by atoms with E-state index in [0.717, 1.165) is 37.7 Å². The Morgan fingerprint density at radius 1 is 1.00 bits per heavy atom. The molecule has 0 radical (unpaired) electrons. The van der Waals surface area contributed by atoms with E-state index in [9.17, 15) is 9.59 Å². The molecule has 2 aromatic carbocycles. The molecule has 0 aliphatic carbocycles. The van der Waals surface area contributed by atoms with Gasteiger partial charge >= 0.3 is 11.6 Å². The fourth-order valence-corrected chi connectivity index (χ4v) is 3.74. The smallest absolute Gasteiger partial charge is 0.349 e. The maximum atomic E-state index is 12.7. The Labute approximate surface area is 196 Å². The molecule has 2 heterocycles. The number of methoxy groups -OCH3 is 1. The maximum Gasteiger partial charge on any atom is 0.349 e. The first-order chi connectivity index (χ1) is 16.5. The van der Waals surface area contributed by atoms with Gasteiger partial charge in [0.1, 0.15) is 22.6 Å². The average Bonchev–Trinajstić information content (AvgIpc) is 3.31. The van der Waals surface area contributed by atoms with Crippen LogP contribution in [-0.4, -0.2) is 23.3 Å². The normalized spacial score (nSPS) is 11.0. The van der Waals surface area contributed by atoms with Crippen LogP contribution in [0.4, 0.5) is 0 Å². The fourth-order valence-electron chi connectivity index (χ4n) is 3.74. The number of aryl methyl sites for hydroxylation is 1. The van der Waals surface area contributed by atoms with E-state index in [0.29, 0.717) is 28.0 Å². The van der Waals surface area contributed by atoms with E-state index in [4.69, 9.17) is 18.3 Å². The topological polar surface area (TPSA) is 105 Å². The molecule has 0 aliphatic heterocycles. The average molecular weight is 463 g/mol. The molecule has 0 amide bonds. The molecule has 0 aliphatic rings. The number of carbonyl (C=O) groups is 1. The second-order valence-electron chi connectivity index (χ2n) is 7.99. The van der Waals surface area contributed by atoms with Crippen LogP contribution in [0.2, 0.25) is 0 Å². The van der Waals surface area contributed by atoms with Crippen molar-refractivity contribution in [2.75, 3.05) is 7.11 Å². The Balaban J connectivity index is 1.71. The van der Waals surface area contributed by atoms with Crippen molar-refractivity contribution in [3.63, 3.8) is 0 Å². The van der Waals surface area contributed by atoms with Gasteiger partial charge in [-0.2, -0.15) is 0 Å². The molecule has 0 fully saturated rings. The molecule has 0 saturated carbocycles. The summed E-state index contributed by atoms with van der Waals surface area (Å²) in [6, 6.07) is 12.3. The minimum Gasteiger partial charge on any atom is -0.497 e. The third-order valence-corrected chi connectivity index (χ3v) is 5.44. The van der Waals surface area contributed by atoms with Crippen molar-refractivity contribution < 1.29 is 23.1 Å². The number of hydrogen-bond acceptors (Lipinski definition) is 8. The first-order valence-electron chi connectivity index (χ1n) is 11.3. The summed E-state index contributed by atoms with van der Waals surface area (Å²) in [5, 5.41) is 8.80. The van der Waals surface area contributed by atoms with E-state index in [1.165, 1.54) is 6.92 Å². The van der Waals surface area contributed by atoms with Crippen LogP contribution in [0.5, 0.6) is 11.5 Å². The second kappa shape index (κ2) is 10.3. The highest BCUT2D eigenvalue weighted by Gasteiger charge is 2.18. The SMILES string of the molecule is CCCCCCc1cc2cc(-c3nnc(-c4cccc(OC)c4)o3)c(=O)oc2cc1OC(C)=O. The number of rotatable bonds is 9. The molecular weight excluding hydrogens is 436 g/mol. The summed E-state index contributed by atoms with van der Waals surface area (Å²) < 4.78 is 21.9. The maximum absolute atomic E-state index is 12.7. The Morgan fingerprint density at radius 2 is 1.82 bits per heavy atom. The summed E-state index contributed by atoms with van der Waals surface area (Å²) in [6.45, 7) is 3.50. The van der Waals surface area contributed by atoms with Crippen LogP contribution in [-0.2, 0) is 11.2 Å². The molecule has 4 rings (SSSR count). The lowest BCUT2D eigenvalue weighted by atomic mass is 10.0. The van der Waals surface area contributed by atoms with E-state index in [1.54, 1.807) is 25.3 Å². The van der Waals surface area contributed by atoms with E-state index in [-0.39, 0.29) is 17.3 Å². The van der Waals surface area contributed by atoms with Crippen LogP contribution in [0, 0.1) is 0 Å². The summed E-state index contributed by atoms with van der Waals surface area (Å²) in [4.78, 5) is 24.3. The Morgan fingerprint density at radius 3 is 2.59 bits per heavy atom. The van der Waals surface area contributed by atoms with Crippen molar-refractivity contribution >= 4 is 16.9 Å². The van der Waals surface area contributed by atoms with Gasteiger partial charge in [-0.3, -0.25) is 4.79 Å². The van der Waals surface area contributed by atoms with Gasteiger partial charge in [-0.25, -0.2) is 4.79 Å². The Hall–Kier alpha value is -3.94. The van der Waals surface area contributed by atoms with E-state index >= 15 is 0 Å². The van der Waals surface area contributed by atoms with E-state index in [2.05, 4.69) is 17.1 Å². The highest BCUT2D eigenvalue weighted by atomic mass is 16.5. The van der Waals surface area contributed by atoms with Gasteiger partial charge in [0.15, 0.2) is 0 Å². The number of nitrogens with zero attached hydrogens (tertiary/aromatic N) is 2. The predicted molar refractivity (Wildman–Crippen MR) is 127 cm³/mol. The van der Waals surface area contributed by atoms with Crippen LogP contribution >= 0.6 is 0 Å². The summed E-state index contributed by atoms with van der Waals surface area (Å²) >= 11 is 0. The quantitative estimate of drug-likeness (QED) is 0.138. The first kappa shape index (κ1) is 23.2. The summed E-state index contributed by atoms with van der Waals surface area (Å²) in [5.41, 5.74) is 1.39. The number of aromatic nitrogens is 2. The lowest BCUT2D eigenvalue weighted by Crippen LogP contribution is -2.06. The summed E-state index contributed by atoms with van der Waals surface area (Å²) in [7, 11) is 1.57. The fraction of sp³-hybridized carbons (Fsp3) is 0.308. The number of hydrogen-bond donors (Lipinski definition) is 0. The van der Waals surface area contributed by atoms with Gasteiger partial charge in [-0.05, 0) is 48.7 Å². The van der Waals surface area contributed by atoms with Gasteiger partial charge in [-0.15, -0.1) is 10.2 Å². The highest BCUT2D eigenvalue weighted by Crippen LogP contribution is 2.30. The number of fused-ring (bicyclic) bond motifs is 1. The number of carbonyl (C=O) groups excluding carboxylic acids is 1. The van der Waals surface area contributed by atoms with Crippen LogP contribution in [0.25, 0.3) is 33.9 Å². The van der Waals surface area contributed by atoms with E-state index in [1.807, 2.05) is 24.3 Å². The van der Waals surface area contributed by atoms with Gasteiger partial charge in [0.25, 0.3) is 5.89 Å². The molecule has 0 unspecified atom stereocenters. The number of ether oxygens (including phenoxy) is 2. The lowest BCUT2D eigenvalue weighted by molar-refractivity contribution is -0.131. The van der Waals surface area contributed by atoms with Crippen molar-refractivity contribution in [2.45, 2.75) is 46.0 Å². The molecule has 0 N–H and O–H groups in total. The molecule has 176 valence electrons. The van der Waals surface area contributed by atoms with Crippen molar-refractivity contribution in [3.05, 3.63) is 58.4 Å². The van der Waals surface area contributed by atoms with Gasteiger partial charge in [0.05, 0.1) is 7.11 Å². The number of unbranched alkanes of at least 4 members (excludes halogenated alkanes) is 3. The minimum absolute atomic E-state index is 0.0574. The van der Waals surface area contributed by atoms with Crippen molar-refractivity contribution in [2.24, 2.45) is 0 Å². The zero-order chi connectivity index (χ0) is 24.1. The Bertz CT molecular complexity index is 1370. The third-order valence-electron chi connectivity index (χ3n) is 5.44. The second-order valence-corrected chi connectivity index (χ2v) is 7.99. The van der Waals surface area contributed by atoms with Gasteiger partial charge in [-0.1, -0.05) is 32.3 Å². The minimum atomic E-state index is -0.627. The number of esters is 1. The number of benzene rings is 2. The van der Waals surface area contributed by atoms with Crippen LogP contribution in [0.15, 0.2) is 56.1 Å². The molecule has 34 heavy (non-hydrogen) atoms. The Kier molecular flexibility index (Phi) is 7.06. The van der Waals surface area contributed by atoms with Crippen LogP contribution in [0.1, 0.15) is 45.1 Å². The van der Waals surface area contributed by atoms with Gasteiger partial charge in [0, 0.05) is 23.9 Å². The standard InChI is InChI=1S/C26H26N2O6/c1-4-5-6-7-9-17-12-19-14-21(26(30)33-23(19)15-22(17)32-16(2)29)25-28-27-24(34-25)18-10-8-11-20(13-18)31-3/h8,10-15H,4-7,9H2,1-3H3. The first-order valence-corrected chi connectivity index (χ1v) is 11.3. The molecular formula is C26H26N2O6. The molecule has 8 nitrogen and oxygen atoms in total. The molecule has 0 bridgehead atoms. The molecule has 4 aromatic rings. The molecule has 8 heteroatoms. The molecule has 0 atom stereocenters. The molecule has 0 spiro atoms. The third kappa shape index (κ3) is 5.17. The van der Waals surface area contributed by atoms with Crippen molar-refractivity contribution in [1.29, 1.82) is 0 Å². The van der Waals surface area contributed by atoms with Gasteiger partial charge < -0.3 is 18.3 Å². The molecule has 2 aromatic heterocycles. The zero-order valence-corrected chi connectivity index (χ0v) is 19.4. The van der Waals surface area contributed by atoms with Crippen LogP contribution < -0.4 is 15.1 Å². The largest absolute Gasteiger partial charge is 0.497 e. The molecule has 0 saturated heterocycles. The highest BCUT2D eigenvalue weighted by molar-refractivity contribution is 5.84. The zero-order valence-electron chi connectivity index (χ0n) is 19.4. The van der Waals surface area contributed by atoms with Gasteiger partial charge in [0.2, 0.25) is 5.89 Å². The predicted octanol–water partition coefficient (Wildman–Crippen LogP) is 5.57. The van der Waals surface area contributed by atoms with E-state index < -0.39 is 11.6 Å². The lowest BCUT2D eigenvalue weighted by Gasteiger charge is -2.11. The van der Waals surface area contributed by atoms with Crippen molar-refractivity contribution in [3.8, 4) is 34.4 Å². The van der Waals surface area contributed by atoms with Crippen LogP contribution in [0.3, 0.4) is 0 Å². The monoisotopic (exact) mass is 462 g/mol. The summed E-state index contributed by atoms with van der Waals surface area (Å²) in [5.74, 6) is 0.948. The van der Waals surface area contributed by atoms with Crippen molar-refractivity contribution in [1.82, 2.24) is 10.2 Å².